The molecule has 0 aromatic heterocycles. The number of hydrogen-bond donors (Lipinski definition) is 11. The minimum absolute atomic E-state index is 0.00401. The Hall–Kier alpha value is -3.58. The lowest BCUT2D eigenvalue weighted by Gasteiger charge is -2.28. The zero-order valence-electron chi connectivity index (χ0n) is 31.9. The molecule has 0 saturated carbocycles. The van der Waals surface area contributed by atoms with Crippen molar-refractivity contribution >= 4 is 72.6 Å². The van der Waals surface area contributed by atoms with Crippen molar-refractivity contribution in [2.24, 2.45) is 29.4 Å². The minimum atomic E-state index is -1.71. The van der Waals surface area contributed by atoms with Crippen molar-refractivity contribution in [3.63, 3.8) is 0 Å². The lowest BCUT2D eigenvalue weighted by atomic mass is 9.98. The second-order valence-corrected chi connectivity index (χ2v) is 15.5. The van der Waals surface area contributed by atoms with Crippen LogP contribution in [0.1, 0.15) is 87.5 Å². The molecule has 53 heavy (non-hydrogen) atoms. The van der Waals surface area contributed by atoms with E-state index in [-0.39, 0.29) is 54.4 Å². The predicted octanol–water partition coefficient (Wildman–Crippen LogP) is -0.174. The third-order valence-electron chi connectivity index (χ3n) is 7.71. The smallest absolute Gasteiger partial charge is 0.327 e. The summed E-state index contributed by atoms with van der Waals surface area (Å²) in [5.74, 6) is -8.19. The van der Waals surface area contributed by atoms with Gasteiger partial charge in [-0.3, -0.25) is 33.6 Å². The standard InChI is InChI=1S/C34H61N7O10S2/c1-16(2)9-20(35)28(44)36-21(10-17(3)4)29(45)37-22(11-18(5)6)30(46)38-23(12-19(7)8)31(47)40-25(14-52)33(49)39-24(13-27(42)43)32(48)41-26(15-53)34(50)51/h16-26,52-53H,9-15,35H2,1-8H3,(H,36,44)(H,37,45)(H,38,46)(H,39,49)(H,40,47)(H,41,48)(H,42,43)(H,50,51)/t20-,21-,22-,23-,24-,25-,26-/m0/s1. The second-order valence-electron chi connectivity index (χ2n) is 14.8. The van der Waals surface area contributed by atoms with Crippen LogP contribution in [0.2, 0.25) is 0 Å². The Kier molecular flexibility index (Phi) is 23.0. The van der Waals surface area contributed by atoms with Gasteiger partial charge in [0.15, 0.2) is 0 Å². The quantitative estimate of drug-likeness (QED) is 0.0540. The summed E-state index contributed by atoms with van der Waals surface area (Å²) in [5, 5.41) is 33.5. The molecule has 10 N–H and O–H groups in total. The largest absolute Gasteiger partial charge is 0.481 e. The molecular weight excluding hydrogens is 731 g/mol. The minimum Gasteiger partial charge on any atom is -0.481 e. The summed E-state index contributed by atoms with van der Waals surface area (Å²) in [5.41, 5.74) is 6.05. The molecule has 0 aliphatic heterocycles. The van der Waals surface area contributed by atoms with Gasteiger partial charge in [0.1, 0.15) is 36.3 Å². The van der Waals surface area contributed by atoms with E-state index in [0.29, 0.717) is 6.42 Å². The van der Waals surface area contributed by atoms with Crippen molar-refractivity contribution in [2.45, 2.75) is 130 Å². The van der Waals surface area contributed by atoms with Crippen LogP contribution in [0.15, 0.2) is 0 Å². The van der Waals surface area contributed by atoms with Crippen LogP contribution < -0.4 is 37.6 Å². The molecule has 0 aliphatic carbocycles. The summed E-state index contributed by atoms with van der Waals surface area (Å²) in [6, 6.07) is -8.68. The highest BCUT2D eigenvalue weighted by molar-refractivity contribution is 7.80. The third-order valence-corrected chi connectivity index (χ3v) is 8.44. The van der Waals surface area contributed by atoms with E-state index in [1.165, 1.54) is 0 Å². The molecule has 0 radical (unpaired) electrons. The molecule has 17 nitrogen and oxygen atoms in total. The predicted molar refractivity (Wildman–Crippen MR) is 205 cm³/mol. The van der Waals surface area contributed by atoms with E-state index >= 15 is 0 Å². The van der Waals surface area contributed by atoms with E-state index in [2.05, 4.69) is 57.2 Å². The van der Waals surface area contributed by atoms with Crippen LogP contribution in [0.5, 0.6) is 0 Å². The maximum absolute atomic E-state index is 13.7. The first kappa shape index (κ1) is 49.4. The molecule has 0 bridgehead atoms. The second kappa shape index (κ2) is 24.7. The molecule has 0 rings (SSSR count). The summed E-state index contributed by atoms with van der Waals surface area (Å²) >= 11 is 7.98. The third kappa shape index (κ3) is 19.9. The van der Waals surface area contributed by atoms with Gasteiger partial charge in [0.25, 0.3) is 0 Å². The van der Waals surface area contributed by atoms with E-state index in [0.717, 1.165) is 0 Å². The van der Waals surface area contributed by atoms with Crippen LogP contribution in [0.3, 0.4) is 0 Å². The molecule has 0 saturated heterocycles. The number of hydrogen-bond acceptors (Lipinski definition) is 11. The highest BCUT2D eigenvalue weighted by atomic mass is 32.1. The molecule has 0 heterocycles. The van der Waals surface area contributed by atoms with E-state index in [1.54, 1.807) is 13.8 Å². The Bertz CT molecular complexity index is 1270. The average Bonchev–Trinajstić information content (AvgIpc) is 3.02. The fourth-order valence-electron chi connectivity index (χ4n) is 5.13. The van der Waals surface area contributed by atoms with Crippen LogP contribution in [0.4, 0.5) is 0 Å². The van der Waals surface area contributed by atoms with Crippen molar-refractivity contribution in [1.82, 2.24) is 31.9 Å². The van der Waals surface area contributed by atoms with E-state index in [1.807, 2.05) is 41.5 Å². The first-order valence-electron chi connectivity index (χ1n) is 17.8. The van der Waals surface area contributed by atoms with Gasteiger partial charge < -0.3 is 47.8 Å². The number of nitrogens with one attached hydrogen (secondary N) is 6. The van der Waals surface area contributed by atoms with Gasteiger partial charge in [-0.05, 0) is 49.4 Å². The monoisotopic (exact) mass is 791 g/mol. The van der Waals surface area contributed by atoms with Gasteiger partial charge in [0, 0.05) is 11.5 Å². The topological polar surface area (TPSA) is 275 Å². The highest BCUT2D eigenvalue weighted by Gasteiger charge is 2.34. The maximum atomic E-state index is 13.7. The SMILES string of the molecule is CC(C)C[C@H](NC(=O)[C@H](CC(C)C)NC(=O)[C@H](CC(C)C)NC(=O)[C@@H](N)CC(C)C)C(=O)N[C@@H](CS)C(=O)N[C@@H](CC(=O)O)C(=O)N[C@@H](CS)C(=O)O. The van der Waals surface area contributed by atoms with Crippen molar-refractivity contribution in [3.8, 4) is 0 Å². The van der Waals surface area contributed by atoms with Crippen molar-refractivity contribution < 1.29 is 48.6 Å². The first-order chi connectivity index (χ1) is 24.5. The molecule has 0 unspecified atom stereocenters. The summed E-state index contributed by atoms with van der Waals surface area (Å²) in [7, 11) is 0. The fraction of sp³-hybridized carbons (Fsp3) is 0.765. The summed E-state index contributed by atoms with van der Waals surface area (Å²) in [4.78, 5) is 102. The lowest BCUT2D eigenvalue weighted by molar-refractivity contribution is -0.143. The van der Waals surface area contributed by atoms with E-state index in [9.17, 15) is 48.6 Å². The lowest BCUT2D eigenvalue weighted by Crippen LogP contribution is -2.60. The Morgan fingerprint density at radius 1 is 0.453 bits per heavy atom. The molecule has 0 spiro atoms. The van der Waals surface area contributed by atoms with Crippen LogP contribution in [-0.4, -0.2) is 111 Å². The Labute approximate surface area is 323 Å². The van der Waals surface area contributed by atoms with Gasteiger partial charge in [0.05, 0.1) is 12.5 Å². The van der Waals surface area contributed by atoms with Gasteiger partial charge in [-0.25, -0.2) is 4.79 Å². The molecule has 0 aliphatic rings. The normalized spacial score (nSPS) is 15.4. The molecule has 0 aromatic rings. The number of nitrogens with two attached hydrogens (primary N) is 1. The van der Waals surface area contributed by atoms with Gasteiger partial charge in [-0.15, -0.1) is 0 Å². The van der Waals surface area contributed by atoms with Crippen molar-refractivity contribution in [1.29, 1.82) is 0 Å². The number of carboxylic acids is 2. The van der Waals surface area contributed by atoms with Crippen molar-refractivity contribution in [2.75, 3.05) is 11.5 Å². The number of carbonyl (C=O) groups is 8. The first-order valence-corrected chi connectivity index (χ1v) is 19.0. The van der Waals surface area contributed by atoms with Crippen LogP contribution in [-0.2, 0) is 38.4 Å². The van der Waals surface area contributed by atoms with Crippen molar-refractivity contribution in [3.05, 3.63) is 0 Å². The summed E-state index contributed by atoms with van der Waals surface area (Å²) in [6.45, 7) is 14.9. The van der Waals surface area contributed by atoms with Crippen LogP contribution >= 0.6 is 25.3 Å². The Morgan fingerprint density at radius 2 is 0.736 bits per heavy atom. The number of amides is 6. The zero-order valence-corrected chi connectivity index (χ0v) is 33.7. The zero-order chi connectivity index (χ0) is 41.2. The summed E-state index contributed by atoms with van der Waals surface area (Å²) < 4.78 is 0. The van der Waals surface area contributed by atoms with Crippen LogP contribution in [0.25, 0.3) is 0 Å². The van der Waals surface area contributed by atoms with Gasteiger partial charge in [-0.2, -0.15) is 25.3 Å². The van der Waals surface area contributed by atoms with E-state index < -0.39 is 96.1 Å². The number of thiol groups is 2. The molecule has 19 heteroatoms. The maximum Gasteiger partial charge on any atom is 0.327 e. The fourth-order valence-corrected chi connectivity index (χ4v) is 5.63. The molecule has 0 aromatic carbocycles. The van der Waals surface area contributed by atoms with E-state index in [4.69, 9.17) is 5.73 Å². The molecule has 6 amide bonds. The number of aliphatic carboxylic acids is 2. The number of carbonyl (C=O) groups excluding carboxylic acids is 6. The van der Waals surface area contributed by atoms with Crippen LogP contribution in [0, 0.1) is 23.7 Å². The Balaban J connectivity index is 6.11. The Morgan fingerprint density at radius 3 is 1.06 bits per heavy atom. The number of carboxylic acid groups (broad SMARTS) is 2. The van der Waals surface area contributed by atoms with Gasteiger partial charge in [-0.1, -0.05) is 55.4 Å². The van der Waals surface area contributed by atoms with Gasteiger partial charge >= 0.3 is 11.9 Å². The average molecular weight is 792 g/mol. The molecule has 304 valence electrons. The number of rotatable bonds is 25. The molecule has 0 fully saturated rings. The highest BCUT2D eigenvalue weighted by Crippen LogP contribution is 2.12. The summed E-state index contributed by atoms with van der Waals surface area (Å²) in [6.07, 6.45) is 0.0958. The van der Waals surface area contributed by atoms with Gasteiger partial charge in [0.2, 0.25) is 35.4 Å². The molecule has 7 atom stereocenters. The molecular formula is C34H61N7O10S2.